The van der Waals surface area contributed by atoms with Gasteiger partial charge in [0.05, 0.1) is 12.3 Å². The Kier molecular flexibility index (Phi) is 9.21. The van der Waals surface area contributed by atoms with Crippen LogP contribution in [0.2, 0.25) is 58.9 Å². The molecule has 4 rings (SSSR count). The van der Waals surface area contributed by atoms with Crippen molar-refractivity contribution in [1.29, 1.82) is 0 Å². The van der Waals surface area contributed by atoms with E-state index in [0.29, 0.717) is 36.1 Å². The first-order valence-corrected chi connectivity index (χ1v) is 26.2. The molecule has 0 aromatic rings. The fourth-order valence-electron chi connectivity index (χ4n) is 9.62. The predicted molar refractivity (Wildman–Crippen MR) is 171 cm³/mol. The Bertz CT molecular complexity index is 894. The summed E-state index contributed by atoms with van der Waals surface area (Å²) in [7, 11) is -3.21. The minimum atomic E-state index is -1.73. The molecular weight excluding hydrogens is 535 g/mol. The molecule has 0 N–H and O–H groups in total. The highest BCUT2D eigenvalue weighted by Gasteiger charge is 2.64. The van der Waals surface area contributed by atoms with Crippen LogP contribution in [0.4, 0.5) is 0 Å². The highest BCUT2D eigenvalue weighted by molar-refractivity contribution is 6.70. The molecule has 0 spiro atoms. The summed E-state index contributed by atoms with van der Waals surface area (Å²) in [6, 6.07) is 0. The fourth-order valence-corrected chi connectivity index (χ4v) is 12.6. The number of hydrogen-bond acceptors (Lipinski definition) is 5. The van der Waals surface area contributed by atoms with Crippen molar-refractivity contribution < 1.29 is 18.1 Å². The molecule has 39 heavy (non-hydrogen) atoms. The Balaban J connectivity index is 1.64. The van der Waals surface area contributed by atoms with Crippen LogP contribution in [0.1, 0.15) is 65.2 Å². The van der Waals surface area contributed by atoms with Crippen LogP contribution < -0.4 is 0 Å². The van der Waals surface area contributed by atoms with E-state index in [2.05, 4.69) is 77.9 Å². The van der Waals surface area contributed by atoms with Gasteiger partial charge >= 0.3 is 0 Å². The lowest BCUT2D eigenvalue weighted by Gasteiger charge is -2.64. The standard InChI is InChI=1S/C31H61NO4Si3/c1-30-18-17-23(35-38(7,8)9)19-22(30)13-14-24-25-15-16-26(27(32-33-3)21-34-37(4,5)6)31(25,2)20-28(29(24)30)36-39(10,11)12/h22-26,28-29H,13-21H2,1-12H3/t22-,23-,24+,25+,26-,28+,29-,30+,31+/m1/s1. The molecule has 0 heterocycles. The molecule has 4 aliphatic carbocycles. The molecule has 8 heteroatoms. The van der Waals surface area contributed by atoms with Crippen LogP contribution in [-0.4, -0.2) is 56.6 Å². The molecular formula is C31H61NO4Si3. The molecule has 0 amide bonds. The van der Waals surface area contributed by atoms with E-state index >= 15 is 0 Å². The molecule has 0 aromatic heterocycles. The molecule has 0 aliphatic heterocycles. The van der Waals surface area contributed by atoms with Gasteiger partial charge in [0.25, 0.3) is 0 Å². The minimum absolute atomic E-state index is 0.187. The largest absolute Gasteiger partial charge is 0.415 e. The van der Waals surface area contributed by atoms with Gasteiger partial charge in [-0.3, -0.25) is 0 Å². The van der Waals surface area contributed by atoms with Crippen LogP contribution in [0, 0.1) is 40.4 Å². The minimum Gasteiger partial charge on any atom is -0.415 e. The van der Waals surface area contributed by atoms with Gasteiger partial charge in [0, 0.05) is 18.1 Å². The monoisotopic (exact) mass is 595 g/mol. The second-order valence-corrected chi connectivity index (χ2v) is 30.4. The van der Waals surface area contributed by atoms with E-state index in [1.165, 1.54) is 44.9 Å². The van der Waals surface area contributed by atoms with E-state index in [0.717, 1.165) is 29.9 Å². The highest BCUT2D eigenvalue weighted by Crippen LogP contribution is 2.68. The van der Waals surface area contributed by atoms with Gasteiger partial charge in [-0.05, 0) is 145 Å². The number of hydrogen-bond donors (Lipinski definition) is 0. The molecule has 226 valence electrons. The molecule has 4 fully saturated rings. The van der Waals surface area contributed by atoms with Gasteiger partial charge in [0.15, 0.2) is 25.0 Å². The number of fused-ring (bicyclic) bond motifs is 5. The van der Waals surface area contributed by atoms with Crippen molar-refractivity contribution in [2.75, 3.05) is 13.7 Å². The van der Waals surface area contributed by atoms with Crippen molar-refractivity contribution in [3.8, 4) is 0 Å². The van der Waals surface area contributed by atoms with E-state index in [1.807, 2.05) is 0 Å². The Morgan fingerprint density at radius 3 is 2.05 bits per heavy atom. The normalized spacial score (nSPS) is 41.5. The SMILES string of the molecule is CON=C(CO[Si](C)(C)C)[C@H]1CC[C@H]2[C@@H]3CC[C@@H]4C[C@H](O[Si](C)(C)C)CC[C@]4(C)[C@H]3[C@@H](O[Si](C)(C)C)C[C@]12C. The fraction of sp³-hybridized carbons (Fsp3) is 0.968. The van der Waals surface area contributed by atoms with Crippen molar-refractivity contribution in [2.45, 2.75) is 136 Å². The van der Waals surface area contributed by atoms with Crippen molar-refractivity contribution in [3.05, 3.63) is 0 Å². The van der Waals surface area contributed by atoms with Crippen LogP contribution in [0.5, 0.6) is 0 Å². The number of oxime groups is 1. The molecule has 9 atom stereocenters. The van der Waals surface area contributed by atoms with Crippen LogP contribution >= 0.6 is 0 Å². The quantitative estimate of drug-likeness (QED) is 0.152. The van der Waals surface area contributed by atoms with Crippen LogP contribution in [0.3, 0.4) is 0 Å². The number of nitrogens with zero attached hydrogens (tertiary/aromatic N) is 1. The second-order valence-electron chi connectivity index (χ2n) is 17.0. The van der Waals surface area contributed by atoms with Crippen molar-refractivity contribution in [3.63, 3.8) is 0 Å². The smallest absolute Gasteiger partial charge is 0.184 e. The zero-order chi connectivity index (χ0) is 29.0. The van der Waals surface area contributed by atoms with Crippen LogP contribution in [-0.2, 0) is 18.1 Å². The maximum Gasteiger partial charge on any atom is 0.184 e. The lowest BCUT2D eigenvalue weighted by Crippen LogP contribution is -2.61. The molecule has 0 unspecified atom stereocenters. The first kappa shape index (κ1) is 31.9. The Morgan fingerprint density at radius 2 is 1.46 bits per heavy atom. The van der Waals surface area contributed by atoms with Gasteiger partial charge < -0.3 is 18.1 Å². The lowest BCUT2D eigenvalue weighted by atomic mass is 9.44. The zero-order valence-electron chi connectivity index (χ0n) is 27.5. The third kappa shape index (κ3) is 6.98. The molecule has 4 saturated carbocycles. The average Bonchev–Trinajstić information content (AvgIpc) is 3.10. The molecule has 0 saturated heterocycles. The summed E-state index contributed by atoms with van der Waals surface area (Å²) in [5.41, 5.74) is 1.68. The summed E-state index contributed by atoms with van der Waals surface area (Å²) in [6.45, 7) is 26.9. The molecule has 0 bridgehead atoms. The van der Waals surface area contributed by atoms with Gasteiger partial charge in [0.1, 0.15) is 7.11 Å². The van der Waals surface area contributed by atoms with Gasteiger partial charge in [-0.15, -0.1) is 0 Å². The van der Waals surface area contributed by atoms with Crippen molar-refractivity contribution in [1.82, 2.24) is 0 Å². The van der Waals surface area contributed by atoms with Crippen LogP contribution in [0.25, 0.3) is 0 Å². The Labute approximate surface area is 243 Å². The molecule has 0 radical (unpaired) electrons. The Morgan fingerprint density at radius 1 is 0.795 bits per heavy atom. The van der Waals surface area contributed by atoms with Crippen molar-refractivity contribution >= 4 is 30.7 Å². The second kappa shape index (κ2) is 11.3. The van der Waals surface area contributed by atoms with Crippen LogP contribution in [0.15, 0.2) is 5.16 Å². The van der Waals surface area contributed by atoms with E-state index in [4.69, 9.17) is 18.1 Å². The summed E-state index contributed by atoms with van der Waals surface area (Å²) < 4.78 is 20.4. The summed E-state index contributed by atoms with van der Waals surface area (Å²) in [6.07, 6.45) is 11.0. The van der Waals surface area contributed by atoms with Gasteiger partial charge in [-0.1, -0.05) is 19.0 Å². The lowest BCUT2D eigenvalue weighted by molar-refractivity contribution is -0.168. The van der Waals surface area contributed by atoms with Gasteiger partial charge in [-0.25, -0.2) is 0 Å². The first-order chi connectivity index (χ1) is 17.9. The zero-order valence-corrected chi connectivity index (χ0v) is 30.5. The summed E-state index contributed by atoms with van der Waals surface area (Å²) >= 11 is 0. The third-order valence-corrected chi connectivity index (χ3v) is 13.9. The summed E-state index contributed by atoms with van der Waals surface area (Å²) in [4.78, 5) is 5.44. The molecule has 4 aliphatic rings. The number of rotatable bonds is 9. The van der Waals surface area contributed by atoms with E-state index < -0.39 is 25.0 Å². The highest BCUT2D eigenvalue weighted by atomic mass is 28.4. The van der Waals surface area contributed by atoms with E-state index in [-0.39, 0.29) is 5.41 Å². The average molecular weight is 596 g/mol. The third-order valence-electron chi connectivity index (χ3n) is 10.8. The van der Waals surface area contributed by atoms with E-state index in [1.54, 1.807) is 7.11 Å². The summed E-state index contributed by atoms with van der Waals surface area (Å²) in [5, 5.41) is 4.64. The predicted octanol–water partition coefficient (Wildman–Crippen LogP) is 8.55. The summed E-state index contributed by atoms with van der Waals surface area (Å²) in [5.74, 6) is 3.32. The molecule has 0 aromatic carbocycles. The maximum absolute atomic E-state index is 7.26. The topological polar surface area (TPSA) is 49.3 Å². The maximum atomic E-state index is 7.26. The van der Waals surface area contributed by atoms with E-state index in [9.17, 15) is 0 Å². The Hall–Kier alpha value is 0.000649. The van der Waals surface area contributed by atoms with Gasteiger partial charge in [-0.2, -0.15) is 0 Å². The van der Waals surface area contributed by atoms with Gasteiger partial charge in [0.2, 0.25) is 0 Å². The van der Waals surface area contributed by atoms with Crippen molar-refractivity contribution in [2.24, 2.45) is 45.6 Å². The molecule has 5 nitrogen and oxygen atoms in total. The first-order valence-electron chi connectivity index (χ1n) is 16.0.